The second-order valence-corrected chi connectivity index (χ2v) is 11.0. The van der Waals surface area contributed by atoms with Crippen LogP contribution in [0.1, 0.15) is 66.3 Å². The van der Waals surface area contributed by atoms with Crippen LogP contribution in [-0.4, -0.2) is 26.9 Å². The summed E-state index contributed by atoms with van der Waals surface area (Å²) < 4.78 is 1.87. The lowest BCUT2D eigenvalue weighted by molar-refractivity contribution is 0.0668. The maximum Gasteiger partial charge on any atom is 0.265 e. The van der Waals surface area contributed by atoms with Crippen molar-refractivity contribution < 1.29 is 4.79 Å². The van der Waals surface area contributed by atoms with Gasteiger partial charge in [0.25, 0.3) is 11.5 Å². The fraction of sp³-hybridized carbons (Fsp3) is 0.300. The first-order chi connectivity index (χ1) is 18.0. The Balaban J connectivity index is 1.61. The van der Waals surface area contributed by atoms with Crippen LogP contribution in [0.4, 0.5) is 0 Å². The first-order valence-corrected chi connectivity index (χ1v) is 14.2. The number of piperidine rings is 1. The third-order valence-corrected chi connectivity index (χ3v) is 8.74. The van der Waals surface area contributed by atoms with Crippen molar-refractivity contribution in [3.8, 4) is 27.5 Å². The monoisotopic (exact) mass is 529 g/mol. The second kappa shape index (κ2) is 9.58. The number of amides is 1. The van der Waals surface area contributed by atoms with Gasteiger partial charge in [0.15, 0.2) is 0 Å². The van der Waals surface area contributed by atoms with E-state index in [0.717, 1.165) is 72.4 Å². The number of para-hydroxylation sites is 1. The molecule has 0 radical (unpaired) electrons. The van der Waals surface area contributed by atoms with Crippen molar-refractivity contribution in [2.45, 2.75) is 52.0 Å². The third-order valence-electron chi connectivity index (χ3n) is 7.61. The molecule has 6 rings (SSSR count). The zero-order chi connectivity index (χ0) is 25.7. The first kappa shape index (κ1) is 24.1. The number of fused-ring (bicyclic) bond motifs is 3. The van der Waals surface area contributed by atoms with Crippen LogP contribution in [-0.2, 0) is 12.8 Å². The van der Waals surface area contributed by atoms with Gasteiger partial charge < -0.3 is 4.90 Å². The summed E-state index contributed by atoms with van der Waals surface area (Å²) in [7, 11) is 0. The quantitative estimate of drug-likeness (QED) is 0.277. The predicted octanol–water partition coefficient (Wildman–Crippen LogP) is 7.09. The summed E-state index contributed by atoms with van der Waals surface area (Å²) >= 11 is 7.50. The lowest BCUT2D eigenvalue weighted by Crippen LogP contribution is -2.33. The van der Waals surface area contributed by atoms with Crippen LogP contribution in [0.25, 0.3) is 27.5 Å². The molecule has 2 aromatic carbocycles. The van der Waals surface area contributed by atoms with Crippen molar-refractivity contribution in [1.29, 1.82) is 0 Å². The maximum absolute atomic E-state index is 14.4. The van der Waals surface area contributed by atoms with Gasteiger partial charge in [-0.2, -0.15) is 0 Å². The molecule has 0 bridgehead atoms. The van der Waals surface area contributed by atoms with E-state index in [2.05, 4.69) is 32.0 Å². The predicted molar refractivity (Wildman–Crippen MR) is 150 cm³/mol. The summed E-state index contributed by atoms with van der Waals surface area (Å²) in [5.41, 5.74) is 6.75. The van der Waals surface area contributed by atoms with Gasteiger partial charge in [-0.15, -0.1) is 11.3 Å². The molecule has 1 fully saturated rings. The molecular formula is C30H28ClN3O2S. The third kappa shape index (κ3) is 3.94. The number of halogens is 1. The Morgan fingerprint density at radius 3 is 2.43 bits per heavy atom. The summed E-state index contributed by atoms with van der Waals surface area (Å²) in [6.07, 6.45) is 4.53. The standard InChI is InChI=1S/C30H28ClN3O2S/c1-3-18-8-7-9-19(4-2)26(18)34-27-22(29(35)33-15-6-5-10-25(27)33)16-23(30(34)36)28-32-24(17-37-28)20-11-13-21(31)14-12-20/h7-9,11-14,16-17,25H,3-6,10,15H2,1-2H3. The molecule has 5 nitrogen and oxygen atoms in total. The largest absolute Gasteiger partial charge is 0.330 e. The zero-order valence-corrected chi connectivity index (χ0v) is 22.5. The van der Waals surface area contributed by atoms with E-state index in [9.17, 15) is 9.59 Å². The minimum Gasteiger partial charge on any atom is -0.330 e. The minimum absolute atomic E-state index is 0.0243. The molecule has 7 heteroatoms. The van der Waals surface area contributed by atoms with Crippen LogP contribution in [0.3, 0.4) is 0 Å². The lowest BCUT2D eigenvalue weighted by Gasteiger charge is -2.31. The van der Waals surface area contributed by atoms with Gasteiger partial charge in [0.05, 0.1) is 34.2 Å². The summed E-state index contributed by atoms with van der Waals surface area (Å²) in [5.74, 6) is 0.0243. The molecule has 0 N–H and O–H groups in total. The van der Waals surface area contributed by atoms with Crippen molar-refractivity contribution in [3.05, 3.63) is 91.7 Å². The highest BCUT2D eigenvalue weighted by molar-refractivity contribution is 7.13. The van der Waals surface area contributed by atoms with E-state index in [1.165, 1.54) is 11.3 Å². The molecular weight excluding hydrogens is 502 g/mol. The Hall–Kier alpha value is -3.22. The van der Waals surface area contributed by atoms with E-state index in [1.54, 1.807) is 6.07 Å². The highest BCUT2D eigenvalue weighted by Gasteiger charge is 2.42. The number of aryl methyl sites for hydroxylation is 2. The SMILES string of the molecule is CCc1cccc(CC)c1-n1c2c(cc(-c3nc(-c4ccc(Cl)cc4)cs3)c1=O)C(=O)N1CCCCC21. The molecule has 0 aliphatic carbocycles. The van der Waals surface area contributed by atoms with Crippen LogP contribution < -0.4 is 5.56 Å². The van der Waals surface area contributed by atoms with Crippen LogP contribution in [0.5, 0.6) is 0 Å². The number of nitrogens with zero attached hydrogens (tertiary/aromatic N) is 3. The van der Waals surface area contributed by atoms with E-state index in [0.29, 0.717) is 21.2 Å². The van der Waals surface area contributed by atoms with E-state index in [-0.39, 0.29) is 17.5 Å². The van der Waals surface area contributed by atoms with Crippen molar-refractivity contribution in [2.75, 3.05) is 6.54 Å². The number of carbonyl (C=O) groups is 1. The summed E-state index contributed by atoms with van der Waals surface area (Å²) in [5, 5.41) is 3.24. The minimum atomic E-state index is -0.105. The van der Waals surface area contributed by atoms with E-state index >= 15 is 0 Å². The summed E-state index contributed by atoms with van der Waals surface area (Å²) in [4.78, 5) is 34.9. The van der Waals surface area contributed by atoms with Gasteiger partial charge in [-0.1, -0.05) is 55.8 Å². The Kier molecular flexibility index (Phi) is 6.25. The van der Waals surface area contributed by atoms with Gasteiger partial charge in [0.1, 0.15) is 5.01 Å². The molecule has 4 heterocycles. The number of pyridine rings is 1. The molecule has 2 aromatic heterocycles. The Labute approximate surface area is 225 Å². The fourth-order valence-corrected chi connectivity index (χ4v) is 6.73. The van der Waals surface area contributed by atoms with Gasteiger partial charge in [0.2, 0.25) is 0 Å². The second-order valence-electron chi connectivity index (χ2n) is 9.68. The molecule has 37 heavy (non-hydrogen) atoms. The molecule has 1 saturated heterocycles. The average Bonchev–Trinajstić information content (AvgIpc) is 3.52. The van der Waals surface area contributed by atoms with Crippen LogP contribution >= 0.6 is 22.9 Å². The van der Waals surface area contributed by atoms with E-state index in [4.69, 9.17) is 16.6 Å². The van der Waals surface area contributed by atoms with Crippen molar-refractivity contribution >= 4 is 28.8 Å². The van der Waals surface area contributed by atoms with Crippen LogP contribution in [0.15, 0.2) is 58.7 Å². The summed E-state index contributed by atoms with van der Waals surface area (Å²) in [6.45, 7) is 4.96. The summed E-state index contributed by atoms with van der Waals surface area (Å²) in [6, 6.07) is 15.5. The molecule has 2 aliphatic heterocycles. The van der Waals surface area contributed by atoms with E-state index < -0.39 is 0 Å². The molecule has 0 saturated carbocycles. The van der Waals surface area contributed by atoms with Gasteiger partial charge in [-0.25, -0.2) is 4.98 Å². The first-order valence-electron chi connectivity index (χ1n) is 13.0. The molecule has 1 unspecified atom stereocenters. The van der Waals surface area contributed by atoms with Gasteiger partial charge in [0, 0.05) is 22.5 Å². The average molecular weight is 530 g/mol. The lowest BCUT2D eigenvalue weighted by atomic mass is 9.97. The zero-order valence-electron chi connectivity index (χ0n) is 21.0. The number of hydrogen-bond donors (Lipinski definition) is 0. The van der Waals surface area contributed by atoms with Gasteiger partial charge in [-0.3, -0.25) is 14.2 Å². The molecule has 1 atom stereocenters. The molecule has 4 aromatic rings. The number of aromatic nitrogens is 2. The Bertz CT molecular complexity index is 1550. The molecule has 2 aliphatic rings. The van der Waals surface area contributed by atoms with Gasteiger partial charge in [-0.05, 0) is 61.4 Å². The molecule has 0 spiro atoms. The number of carbonyl (C=O) groups excluding carboxylic acids is 1. The van der Waals surface area contributed by atoms with Crippen molar-refractivity contribution in [3.63, 3.8) is 0 Å². The van der Waals surface area contributed by atoms with Crippen LogP contribution in [0, 0.1) is 0 Å². The van der Waals surface area contributed by atoms with Crippen LogP contribution in [0.2, 0.25) is 5.02 Å². The van der Waals surface area contributed by atoms with Gasteiger partial charge >= 0.3 is 0 Å². The normalized spacial score (nSPS) is 16.7. The van der Waals surface area contributed by atoms with Crippen molar-refractivity contribution in [2.24, 2.45) is 0 Å². The smallest absolute Gasteiger partial charge is 0.265 e. The number of benzene rings is 2. The number of thiazole rings is 1. The Morgan fingerprint density at radius 2 is 1.73 bits per heavy atom. The number of rotatable bonds is 5. The topological polar surface area (TPSA) is 55.2 Å². The van der Waals surface area contributed by atoms with Crippen molar-refractivity contribution in [1.82, 2.24) is 14.5 Å². The molecule has 188 valence electrons. The maximum atomic E-state index is 14.4. The Morgan fingerprint density at radius 1 is 1.00 bits per heavy atom. The number of hydrogen-bond acceptors (Lipinski definition) is 4. The fourth-order valence-electron chi connectivity index (χ4n) is 5.77. The van der Waals surface area contributed by atoms with E-state index in [1.807, 2.05) is 39.1 Å². The highest BCUT2D eigenvalue weighted by atomic mass is 35.5. The highest BCUT2D eigenvalue weighted by Crippen LogP contribution is 2.42. The molecule has 1 amide bonds.